The van der Waals surface area contributed by atoms with E-state index in [1.54, 1.807) is 6.07 Å². The van der Waals surface area contributed by atoms with Crippen LogP contribution in [0.25, 0.3) is 0 Å². The van der Waals surface area contributed by atoms with Crippen LogP contribution < -0.4 is 5.32 Å². The van der Waals surface area contributed by atoms with Crippen LogP contribution in [0.15, 0.2) is 12.1 Å². The lowest BCUT2D eigenvalue weighted by molar-refractivity contribution is 0.278. The maximum atomic E-state index is 6.22. The van der Waals surface area contributed by atoms with Gasteiger partial charge in [-0.15, -0.1) is 0 Å². The molecule has 4 heteroatoms. The van der Waals surface area contributed by atoms with Crippen molar-refractivity contribution in [2.45, 2.75) is 51.6 Å². The standard InChI is InChI=1S/C15H20Cl3N/c1-2-10-4-3-5-11(8-10)19-9-12-13(16)6-7-14(17)15(12)18/h6-7,10-11,19H,2-5,8-9H2,1H3. The summed E-state index contributed by atoms with van der Waals surface area (Å²) in [6.07, 6.45) is 6.45. The van der Waals surface area contributed by atoms with E-state index in [0.29, 0.717) is 27.7 Å². The van der Waals surface area contributed by atoms with Gasteiger partial charge in [0.05, 0.1) is 10.0 Å². The largest absolute Gasteiger partial charge is 0.310 e. The molecule has 1 saturated carbocycles. The van der Waals surface area contributed by atoms with Gasteiger partial charge in [0.1, 0.15) is 0 Å². The lowest BCUT2D eigenvalue weighted by atomic mass is 9.84. The molecule has 0 aliphatic heterocycles. The van der Waals surface area contributed by atoms with E-state index in [4.69, 9.17) is 34.8 Å². The predicted octanol–water partition coefficient (Wildman–Crippen LogP) is 5.71. The molecule has 1 fully saturated rings. The molecule has 0 heterocycles. The quantitative estimate of drug-likeness (QED) is 0.701. The second-order valence-corrected chi connectivity index (χ2v) is 6.53. The second kappa shape index (κ2) is 7.17. The zero-order valence-electron chi connectivity index (χ0n) is 11.2. The van der Waals surface area contributed by atoms with E-state index in [9.17, 15) is 0 Å². The first-order valence-corrected chi connectivity index (χ1v) is 8.11. The molecule has 2 unspecified atom stereocenters. The molecular formula is C15H20Cl3N. The molecule has 0 bridgehead atoms. The van der Waals surface area contributed by atoms with Crippen LogP contribution in [-0.4, -0.2) is 6.04 Å². The van der Waals surface area contributed by atoms with Crippen molar-refractivity contribution < 1.29 is 0 Å². The number of benzene rings is 1. The summed E-state index contributed by atoms with van der Waals surface area (Å²) in [5.41, 5.74) is 0.912. The van der Waals surface area contributed by atoms with E-state index in [2.05, 4.69) is 12.2 Å². The van der Waals surface area contributed by atoms with Crippen molar-refractivity contribution in [2.75, 3.05) is 0 Å². The van der Waals surface area contributed by atoms with Crippen molar-refractivity contribution >= 4 is 34.8 Å². The first-order valence-electron chi connectivity index (χ1n) is 6.97. The summed E-state index contributed by atoms with van der Waals surface area (Å²) in [4.78, 5) is 0. The molecular weight excluding hydrogens is 301 g/mol. The number of hydrogen-bond donors (Lipinski definition) is 1. The lowest BCUT2D eigenvalue weighted by Gasteiger charge is -2.29. The van der Waals surface area contributed by atoms with Crippen LogP contribution in [0.4, 0.5) is 0 Å². The minimum Gasteiger partial charge on any atom is -0.310 e. The maximum absolute atomic E-state index is 6.22. The Morgan fingerprint density at radius 3 is 2.63 bits per heavy atom. The zero-order valence-corrected chi connectivity index (χ0v) is 13.5. The fraction of sp³-hybridized carbons (Fsp3) is 0.600. The van der Waals surface area contributed by atoms with Crippen molar-refractivity contribution in [1.29, 1.82) is 0 Å². The molecule has 1 aromatic carbocycles. The Kier molecular flexibility index (Phi) is 5.83. The van der Waals surface area contributed by atoms with E-state index in [-0.39, 0.29) is 0 Å². The number of rotatable bonds is 4. The van der Waals surface area contributed by atoms with E-state index in [0.717, 1.165) is 11.5 Å². The Morgan fingerprint density at radius 2 is 1.89 bits per heavy atom. The topological polar surface area (TPSA) is 12.0 Å². The monoisotopic (exact) mass is 319 g/mol. The highest BCUT2D eigenvalue weighted by atomic mass is 35.5. The maximum Gasteiger partial charge on any atom is 0.0652 e. The Hall–Kier alpha value is 0.0500. The number of hydrogen-bond acceptors (Lipinski definition) is 1. The highest BCUT2D eigenvalue weighted by Gasteiger charge is 2.21. The fourth-order valence-electron chi connectivity index (χ4n) is 2.82. The van der Waals surface area contributed by atoms with Crippen molar-refractivity contribution in [3.63, 3.8) is 0 Å². The molecule has 0 spiro atoms. The molecule has 0 radical (unpaired) electrons. The van der Waals surface area contributed by atoms with Crippen LogP contribution in [0.1, 0.15) is 44.6 Å². The van der Waals surface area contributed by atoms with E-state index in [1.807, 2.05) is 6.07 Å². The summed E-state index contributed by atoms with van der Waals surface area (Å²) in [5, 5.41) is 5.41. The molecule has 19 heavy (non-hydrogen) atoms. The molecule has 106 valence electrons. The van der Waals surface area contributed by atoms with Gasteiger partial charge in [-0.25, -0.2) is 0 Å². The molecule has 0 saturated heterocycles. The van der Waals surface area contributed by atoms with Crippen molar-refractivity contribution in [2.24, 2.45) is 5.92 Å². The normalized spacial score (nSPS) is 23.6. The second-order valence-electron chi connectivity index (χ2n) is 5.34. The van der Waals surface area contributed by atoms with Gasteiger partial charge in [0.15, 0.2) is 0 Å². The molecule has 2 rings (SSSR count). The summed E-state index contributed by atoms with van der Waals surface area (Å²) in [6, 6.07) is 4.12. The number of nitrogens with one attached hydrogen (secondary N) is 1. The van der Waals surface area contributed by atoms with Gasteiger partial charge >= 0.3 is 0 Å². The van der Waals surface area contributed by atoms with Gasteiger partial charge in [0.2, 0.25) is 0 Å². The van der Waals surface area contributed by atoms with Crippen LogP contribution in [0.3, 0.4) is 0 Å². The third-order valence-electron chi connectivity index (χ3n) is 4.07. The van der Waals surface area contributed by atoms with Gasteiger partial charge in [-0.1, -0.05) is 61.0 Å². The minimum absolute atomic E-state index is 0.568. The third kappa shape index (κ3) is 4.01. The summed E-state index contributed by atoms with van der Waals surface area (Å²) >= 11 is 18.4. The molecule has 0 aromatic heterocycles. The van der Waals surface area contributed by atoms with Gasteiger partial charge in [0, 0.05) is 23.2 Å². The van der Waals surface area contributed by atoms with Crippen molar-refractivity contribution in [3.8, 4) is 0 Å². The average Bonchev–Trinajstić information content (AvgIpc) is 2.43. The van der Waals surface area contributed by atoms with Crippen LogP contribution >= 0.6 is 34.8 Å². The van der Waals surface area contributed by atoms with Crippen molar-refractivity contribution in [1.82, 2.24) is 5.32 Å². The predicted molar refractivity (Wildman–Crippen MR) is 84.3 cm³/mol. The van der Waals surface area contributed by atoms with Crippen LogP contribution in [0.5, 0.6) is 0 Å². The molecule has 1 nitrogen and oxygen atoms in total. The van der Waals surface area contributed by atoms with Gasteiger partial charge in [-0.2, -0.15) is 0 Å². The SMILES string of the molecule is CCC1CCCC(NCc2c(Cl)ccc(Cl)c2Cl)C1. The van der Waals surface area contributed by atoms with Gasteiger partial charge in [0.25, 0.3) is 0 Å². The highest BCUT2D eigenvalue weighted by molar-refractivity contribution is 6.44. The summed E-state index contributed by atoms with van der Waals surface area (Å²) < 4.78 is 0. The summed E-state index contributed by atoms with van der Waals surface area (Å²) in [5.74, 6) is 0.858. The zero-order chi connectivity index (χ0) is 13.8. The van der Waals surface area contributed by atoms with E-state index < -0.39 is 0 Å². The van der Waals surface area contributed by atoms with Gasteiger partial charge < -0.3 is 5.32 Å². The molecule has 1 aliphatic carbocycles. The molecule has 1 aromatic rings. The summed E-state index contributed by atoms with van der Waals surface area (Å²) in [7, 11) is 0. The summed E-state index contributed by atoms with van der Waals surface area (Å²) in [6.45, 7) is 2.97. The molecule has 0 amide bonds. The number of halogens is 3. The molecule has 2 atom stereocenters. The first kappa shape index (κ1) is 15.4. The fourth-order valence-corrected chi connectivity index (χ4v) is 3.51. The van der Waals surface area contributed by atoms with Gasteiger partial charge in [-0.05, 0) is 30.9 Å². The van der Waals surface area contributed by atoms with Crippen LogP contribution in [0.2, 0.25) is 15.1 Å². The average molecular weight is 321 g/mol. The molecule has 1 N–H and O–H groups in total. The highest BCUT2D eigenvalue weighted by Crippen LogP contribution is 2.32. The van der Waals surface area contributed by atoms with E-state index in [1.165, 1.54) is 32.1 Å². The molecule has 1 aliphatic rings. The van der Waals surface area contributed by atoms with E-state index >= 15 is 0 Å². The Morgan fingerprint density at radius 1 is 1.16 bits per heavy atom. The smallest absolute Gasteiger partial charge is 0.0652 e. The van der Waals surface area contributed by atoms with Gasteiger partial charge in [-0.3, -0.25) is 0 Å². The van der Waals surface area contributed by atoms with Crippen LogP contribution in [-0.2, 0) is 6.54 Å². The minimum atomic E-state index is 0.568. The Balaban J connectivity index is 1.97. The van der Waals surface area contributed by atoms with Crippen molar-refractivity contribution in [3.05, 3.63) is 32.8 Å². The Bertz CT molecular complexity index is 434. The third-order valence-corrected chi connectivity index (χ3v) is 5.26. The Labute approximate surface area is 130 Å². The first-order chi connectivity index (χ1) is 9.11. The van der Waals surface area contributed by atoms with Crippen LogP contribution in [0, 0.1) is 5.92 Å². The lowest BCUT2D eigenvalue weighted by Crippen LogP contribution is -2.33.